The van der Waals surface area contributed by atoms with Crippen LogP contribution in [0.15, 0.2) is 18.2 Å². The second-order valence-corrected chi connectivity index (χ2v) is 5.23. The SMILES string of the molecule is Cc1cccc(C)c1NC(=O)C1(C(F)(F)F)CCNC1. The summed E-state index contributed by atoms with van der Waals surface area (Å²) < 4.78 is 39.8. The molecule has 1 saturated heterocycles. The van der Waals surface area contributed by atoms with Gasteiger partial charge in [0, 0.05) is 12.2 Å². The summed E-state index contributed by atoms with van der Waals surface area (Å²) in [5.74, 6) is -0.979. The largest absolute Gasteiger partial charge is 0.404 e. The lowest BCUT2D eigenvalue weighted by molar-refractivity contribution is -0.213. The molecular weight excluding hydrogens is 269 g/mol. The molecule has 0 radical (unpaired) electrons. The Morgan fingerprint density at radius 3 is 2.35 bits per heavy atom. The van der Waals surface area contributed by atoms with Gasteiger partial charge in [0.2, 0.25) is 5.91 Å². The van der Waals surface area contributed by atoms with E-state index >= 15 is 0 Å². The van der Waals surface area contributed by atoms with Gasteiger partial charge < -0.3 is 10.6 Å². The van der Waals surface area contributed by atoms with E-state index in [0.29, 0.717) is 5.69 Å². The third-order valence-corrected chi connectivity index (χ3v) is 3.85. The molecule has 1 amide bonds. The zero-order chi connectivity index (χ0) is 15.0. The Morgan fingerprint density at radius 2 is 1.90 bits per heavy atom. The lowest BCUT2D eigenvalue weighted by Gasteiger charge is -2.30. The summed E-state index contributed by atoms with van der Waals surface area (Å²) in [6.45, 7) is 3.35. The second-order valence-electron chi connectivity index (χ2n) is 5.23. The first kappa shape index (κ1) is 14.8. The molecule has 0 saturated carbocycles. The van der Waals surface area contributed by atoms with Gasteiger partial charge in [0.15, 0.2) is 5.41 Å². The first-order valence-electron chi connectivity index (χ1n) is 6.43. The van der Waals surface area contributed by atoms with Gasteiger partial charge in [0.25, 0.3) is 0 Å². The zero-order valence-corrected chi connectivity index (χ0v) is 11.4. The molecule has 0 bridgehead atoms. The first-order valence-corrected chi connectivity index (χ1v) is 6.43. The normalized spacial score (nSPS) is 22.9. The maximum absolute atomic E-state index is 13.3. The van der Waals surface area contributed by atoms with E-state index < -0.39 is 17.5 Å². The lowest BCUT2D eigenvalue weighted by atomic mass is 9.85. The number of anilines is 1. The number of halogens is 3. The second kappa shape index (κ2) is 5.09. The van der Waals surface area contributed by atoms with Crippen LogP contribution in [0.2, 0.25) is 0 Å². The fraction of sp³-hybridized carbons (Fsp3) is 0.500. The van der Waals surface area contributed by atoms with Gasteiger partial charge >= 0.3 is 6.18 Å². The molecule has 0 aliphatic carbocycles. The highest BCUT2D eigenvalue weighted by Gasteiger charge is 2.61. The maximum Gasteiger partial charge on any atom is 0.404 e. The Morgan fingerprint density at radius 1 is 1.30 bits per heavy atom. The molecule has 1 fully saturated rings. The van der Waals surface area contributed by atoms with Gasteiger partial charge in [0.05, 0.1) is 0 Å². The van der Waals surface area contributed by atoms with E-state index in [-0.39, 0.29) is 19.5 Å². The van der Waals surface area contributed by atoms with Crippen molar-refractivity contribution in [2.24, 2.45) is 5.41 Å². The molecule has 1 unspecified atom stereocenters. The molecule has 110 valence electrons. The molecule has 2 N–H and O–H groups in total. The Balaban J connectivity index is 2.31. The van der Waals surface area contributed by atoms with Gasteiger partial charge in [-0.3, -0.25) is 4.79 Å². The van der Waals surface area contributed by atoms with Crippen molar-refractivity contribution in [3.8, 4) is 0 Å². The summed E-state index contributed by atoms with van der Waals surface area (Å²) in [4.78, 5) is 12.2. The average Bonchev–Trinajstić information content (AvgIpc) is 2.83. The van der Waals surface area contributed by atoms with Crippen molar-refractivity contribution in [2.75, 3.05) is 18.4 Å². The predicted molar refractivity (Wildman–Crippen MR) is 70.5 cm³/mol. The van der Waals surface area contributed by atoms with Gasteiger partial charge in [0.1, 0.15) is 0 Å². The number of hydrogen-bond donors (Lipinski definition) is 2. The third-order valence-electron chi connectivity index (χ3n) is 3.85. The number of aryl methyl sites for hydroxylation is 2. The smallest absolute Gasteiger partial charge is 0.325 e. The van der Waals surface area contributed by atoms with Crippen LogP contribution in [0.3, 0.4) is 0 Å². The third kappa shape index (κ3) is 2.40. The Hall–Kier alpha value is -1.56. The summed E-state index contributed by atoms with van der Waals surface area (Å²) in [5.41, 5.74) is -0.363. The minimum absolute atomic E-state index is 0.194. The van der Waals surface area contributed by atoms with Crippen molar-refractivity contribution in [2.45, 2.75) is 26.4 Å². The average molecular weight is 286 g/mol. The molecule has 1 aromatic carbocycles. The number of amides is 1. The highest BCUT2D eigenvalue weighted by molar-refractivity contribution is 5.97. The van der Waals surface area contributed by atoms with Crippen LogP contribution in [0.4, 0.5) is 18.9 Å². The number of nitrogens with one attached hydrogen (secondary N) is 2. The van der Waals surface area contributed by atoms with Crippen LogP contribution in [0.25, 0.3) is 0 Å². The molecule has 1 heterocycles. The first-order chi connectivity index (χ1) is 9.28. The summed E-state index contributed by atoms with van der Waals surface area (Å²) in [6, 6.07) is 5.32. The van der Waals surface area contributed by atoms with Crippen molar-refractivity contribution in [1.82, 2.24) is 5.32 Å². The molecule has 0 aromatic heterocycles. The molecule has 1 atom stereocenters. The highest BCUT2D eigenvalue weighted by Crippen LogP contribution is 2.44. The van der Waals surface area contributed by atoms with E-state index in [1.54, 1.807) is 32.0 Å². The van der Waals surface area contributed by atoms with E-state index in [0.717, 1.165) is 11.1 Å². The number of benzene rings is 1. The van der Waals surface area contributed by atoms with Gasteiger partial charge in [-0.2, -0.15) is 13.2 Å². The molecule has 3 nitrogen and oxygen atoms in total. The number of para-hydroxylation sites is 1. The van der Waals surface area contributed by atoms with E-state index in [4.69, 9.17) is 0 Å². The van der Waals surface area contributed by atoms with Crippen LogP contribution in [-0.4, -0.2) is 25.2 Å². The predicted octanol–water partition coefficient (Wildman–Crippen LogP) is 2.78. The standard InChI is InChI=1S/C14H17F3N2O/c1-9-4-3-5-10(2)11(9)19-12(20)13(14(15,16)17)6-7-18-8-13/h3-5,18H,6-8H2,1-2H3,(H,19,20). The van der Waals surface area contributed by atoms with Crippen molar-refractivity contribution in [3.63, 3.8) is 0 Å². The molecule has 1 aliphatic rings. The minimum atomic E-state index is -4.56. The fourth-order valence-corrected chi connectivity index (χ4v) is 2.50. The quantitative estimate of drug-likeness (QED) is 0.877. The maximum atomic E-state index is 13.3. The number of carbonyl (C=O) groups is 1. The van der Waals surface area contributed by atoms with Gasteiger partial charge in [-0.25, -0.2) is 0 Å². The molecule has 6 heteroatoms. The Bertz CT molecular complexity index is 499. The fourth-order valence-electron chi connectivity index (χ4n) is 2.50. The number of hydrogen-bond acceptors (Lipinski definition) is 2. The molecule has 1 aliphatic heterocycles. The number of carbonyl (C=O) groups excluding carboxylic acids is 1. The minimum Gasteiger partial charge on any atom is -0.325 e. The van der Waals surface area contributed by atoms with Crippen LogP contribution in [0.5, 0.6) is 0 Å². The van der Waals surface area contributed by atoms with Crippen LogP contribution < -0.4 is 10.6 Å². The van der Waals surface area contributed by atoms with Crippen molar-refractivity contribution >= 4 is 11.6 Å². The number of alkyl halides is 3. The van der Waals surface area contributed by atoms with Gasteiger partial charge in [-0.15, -0.1) is 0 Å². The molecule has 0 spiro atoms. The van der Waals surface area contributed by atoms with Crippen LogP contribution in [0.1, 0.15) is 17.5 Å². The van der Waals surface area contributed by atoms with Gasteiger partial charge in [-0.05, 0) is 37.9 Å². The van der Waals surface area contributed by atoms with Crippen molar-refractivity contribution in [3.05, 3.63) is 29.3 Å². The molecule has 1 aromatic rings. The van der Waals surface area contributed by atoms with E-state index in [9.17, 15) is 18.0 Å². The van der Waals surface area contributed by atoms with Crippen LogP contribution in [-0.2, 0) is 4.79 Å². The molecule has 20 heavy (non-hydrogen) atoms. The van der Waals surface area contributed by atoms with Crippen molar-refractivity contribution in [1.29, 1.82) is 0 Å². The molecule has 2 rings (SSSR count). The topological polar surface area (TPSA) is 41.1 Å². The summed E-state index contributed by atoms with van der Waals surface area (Å²) >= 11 is 0. The van der Waals surface area contributed by atoms with Crippen molar-refractivity contribution < 1.29 is 18.0 Å². The zero-order valence-electron chi connectivity index (χ0n) is 11.4. The summed E-state index contributed by atoms with van der Waals surface area (Å²) in [7, 11) is 0. The Labute approximate surface area is 115 Å². The number of rotatable bonds is 2. The van der Waals surface area contributed by atoms with Crippen LogP contribution in [0, 0.1) is 19.3 Å². The van der Waals surface area contributed by atoms with Crippen LogP contribution >= 0.6 is 0 Å². The lowest BCUT2D eigenvalue weighted by Crippen LogP contribution is -2.49. The van der Waals surface area contributed by atoms with E-state index in [1.165, 1.54) is 0 Å². The summed E-state index contributed by atoms with van der Waals surface area (Å²) in [6.07, 6.45) is -4.79. The van der Waals surface area contributed by atoms with E-state index in [2.05, 4.69) is 10.6 Å². The van der Waals surface area contributed by atoms with Gasteiger partial charge in [-0.1, -0.05) is 18.2 Å². The molecular formula is C14H17F3N2O. The monoisotopic (exact) mass is 286 g/mol. The Kier molecular flexibility index (Phi) is 3.77. The highest BCUT2D eigenvalue weighted by atomic mass is 19.4. The van der Waals surface area contributed by atoms with E-state index in [1.807, 2.05) is 0 Å². The summed E-state index contributed by atoms with van der Waals surface area (Å²) in [5, 5.41) is 5.10.